The minimum absolute atomic E-state index is 0.164. The van der Waals surface area contributed by atoms with Gasteiger partial charge in [0.1, 0.15) is 11.7 Å². The Morgan fingerprint density at radius 1 is 1.15 bits per heavy atom. The minimum atomic E-state index is -0.768. The van der Waals surface area contributed by atoms with E-state index in [1.54, 1.807) is 24.3 Å². The van der Waals surface area contributed by atoms with Crippen LogP contribution in [0.25, 0.3) is 0 Å². The fourth-order valence-electron chi connectivity index (χ4n) is 1.71. The number of hydrogen-bond acceptors (Lipinski definition) is 4. The molecule has 2 aromatic rings. The maximum absolute atomic E-state index is 12.1. The number of likely N-dealkylation sites (N-methyl/N-ethyl adjacent to an activating group) is 1. The van der Waals surface area contributed by atoms with Crippen molar-refractivity contribution in [2.75, 3.05) is 7.05 Å². The predicted octanol–water partition coefficient (Wildman–Crippen LogP) is 0.694. The summed E-state index contributed by atoms with van der Waals surface area (Å²) in [5.74, 6) is -0.746. The lowest BCUT2D eigenvalue weighted by Crippen LogP contribution is -2.39. The van der Waals surface area contributed by atoms with Crippen molar-refractivity contribution in [2.24, 2.45) is 0 Å². The zero-order valence-electron chi connectivity index (χ0n) is 10.9. The summed E-state index contributed by atoms with van der Waals surface area (Å²) < 4.78 is 0. The Hall–Kier alpha value is -2.76. The van der Waals surface area contributed by atoms with E-state index in [0.717, 1.165) is 0 Å². The molecule has 1 aromatic carbocycles. The number of benzene rings is 1. The van der Waals surface area contributed by atoms with E-state index in [1.165, 1.54) is 25.6 Å². The third-order valence-corrected chi connectivity index (χ3v) is 2.71. The van der Waals surface area contributed by atoms with E-state index in [1.807, 2.05) is 6.07 Å². The highest BCUT2D eigenvalue weighted by atomic mass is 16.2. The van der Waals surface area contributed by atoms with Crippen molar-refractivity contribution in [1.82, 2.24) is 20.6 Å². The van der Waals surface area contributed by atoms with Gasteiger partial charge in [-0.2, -0.15) is 0 Å². The summed E-state index contributed by atoms with van der Waals surface area (Å²) in [6, 6.07) is 8.23. The van der Waals surface area contributed by atoms with Crippen LogP contribution in [0.1, 0.15) is 22.1 Å². The first-order chi connectivity index (χ1) is 9.72. The van der Waals surface area contributed by atoms with E-state index in [2.05, 4.69) is 20.6 Å². The normalized spacial score (nSPS) is 11.4. The monoisotopic (exact) mass is 270 g/mol. The zero-order valence-corrected chi connectivity index (χ0v) is 10.9. The number of hydrogen-bond donors (Lipinski definition) is 2. The molecular formula is C14H14N4O2. The van der Waals surface area contributed by atoms with E-state index in [0.29, 0.717) is 5.56 Å². The van der Waals surface area contributed by atoms with Crippen LogP contribution in [-0.2, 0) is 4.79 Å². The number of carbonyl (C=O) groups is 2. The molecule has 2 amide bonds. The van der Waals surface area contributed by atoms with Gasteiger partial charge in [0.15, 0.2) is 0 Å². The van der Waals surface area contributed by atoms with Gasteiger partial charge >= 0.3 is 0 Å². The maximum atomic E-state index is 12.1. The molecule has 1 aromatic heterocycles. The first-order valence-electron chi connectivity index (χ1n) is 6.06. The SMILES string of the molecule is CNC(=O)[C@@H](NC(=O)c1cnccn1)c1ccccc1. The smallest absolute Gasteiger partial charge is 0.272 e. The Bertz CT molecular complexity index is 587. The summed E-state index contributed by atoms with van der Waals surface area (Å²) in [6.45, 7) is 0. The van der Waals surface area contributed by atoms with Gasteiger partial charge in [0.25, 0.3) is 5.91 Å². The first-order valence-corrected chi connectivity index (χ1v) is 6.06. The van der Waals surface area contributed by atoms with Crippen molar-refractivity contribution in [3.05, 3.63) is 60.2 Å². The van der Waals surface area contributed by atoms with Crippen LogP contribution in [0, 0.1) is 0 Å². The van der Waals surface area contributed by atoms with E-state index in [4.69, 9.17) is 0 Å². The van der Waals surface area contributed by atoms with Gasteiger partial charge in [-0.05, 0) is 5.56 Å². The maximum Gasteiger partial charge on any atom is 0.272 e. The van der Waals surface area contributed by atoms with Crippen molar-refractivity contribution in [1.29, 1.82) is 0 Å². The van der Waals surface area contributed by atoms with E-state index < -0.39 is 11.9 Å². The summed E-state index contributed by atoms with van der Waals surface area (Å²) in [7, 11) is 1.52. The van der Waals surface area contributed by atoms with Crippen molar-refractivity contribution >= 4 is 11.8 Å². The van der Waals surface area contributed by atoms with E-state index in [9.17, 15) is 9.59 Å². The molecule has 0 spiro atoms. The van der Waals surface area contributed by atoms with Crippen molar-refractivity contribution in [2.45, 2.75) is 6.04 Å². The van der Waals surface area contributed by atoms with E-state index >= 15 is 0 Å². The largest absolute Gasteiger partial charge is 0.357 e. The highest BCUT2D eigenvalue weighted by molar-refractivity contribution is 5.96. The average Bonchev–Trinajstić information content (AvgIpc) is 2.53. The molecule has 6 nitrogen and oxygen atoms in total. The molecule has 0 fully saturated rings. The Kier molecular flexibility index (Phi) is 4.39. The van der Waals surface area contributed by atoms with Crippen LogP contribution in [0.4, 0.5) is 0 Å². The number of nitrogens with zero attached hydrogens (tertiary/aromatic N) is 2. The molecule has 0 aliphatic carbocycles. The van der Waals surface area contributed by atoms with Gasteiger partial charge in [-0.3, -0.25) is 14.6 Å². The molecule has 6 heteroatoms. The molecule has 102 valence electrons. The summed E-state index contributed by atoms with van der Waals surface area (Å²) in [4.78, 5) is 31.7. The molecule has 0 radical (unpaired) electrons. The Morgan fingerprint density at radius 2 is 1.90 bits per heavy atom. The second kappa shape index (κ2) is 6.42. The third-order valence-electron chi connectivity index (χ3n) is 2.71. The van der Waals surface area contributed by atoms with Gasteiger partial charge in [0.05, 0.1) is 6.20 Å². The van der Waals surface area contributed by atoms with Gasteiger partial charge in [0, 0.05) is 19.4 Å². The molecule has 0 bridgehead atoms. The molecule has 0 saturated heterocycles. The summed E-state index contributed by atoms with van der Waals surface area (Å²) >= 11 is 0. The highest BCUT2D eigenvalue weighted by Gasteiger charge is 2.22. The molecule has 2 rings (SSSR count). The third kappa shape index (κ3) is 3.17. The molecule has 0 aliphatic rings. The van der Waals surface area contributed by atoms with Crippen LogP contribution in [0.15, 0.2) is 48.9 Å². The molecule has 0 aliphatic heterocycles. The van der Waals surface area contributed by atoms with Crippen LogP contribution >= 0.6 is 0 Å². The molecule has 20 heavy (non-hydrogen) atoms. The molecule has 1 heterocycles. The number of aromatic nitrogens is 2. The lowest BCUT2D eigenvalue weighted by atomic mass is 10.1. The minimum Gasteiger partial charge on any atom is -0.357 e. The number of rotatable bonds is 4. The molecule has 2 N–H and O–H groups in total. The lowest BCUT2D eigenvalue weighted by molar-refractivity contribution is -0.122. The molecule has 1 atom stereocenters. The standard InChI is InChI=1S/C14H14N4O2/c1-15-14(20)12(10-5-3-2-4-6-10)18-13(19)11-9-16-7-8-17-11/h2-9,12H,1H3,(H,15,20)(H,18,19)/t12-/m0/s1. The van der Waals surface area contributed by atoms with Crippen molar-refractivity contribution < 1.29 is 9.59 Å². The second-order valence-corrected chi connectivity index (χ2v) is 4.02. The van der Waals surface area contributed by atoms with Crippen molar-refractivity contribution in [3.63, 3.8) is 0 Å². The van der Waals surface area contributed by atoms with Crippen molar-refractivity contribution in [3.8, 4) is 0 Å². The van der Waals surface area contributed by atoms with Gasteiger partial charge in [-0.25, -0.2) is 4.98 Å². The Morgan fingerprint density at radius 3 is 2.50 bits per heavy atom. The molecule has 0 saturated carbocycles. The first kappa shape index (κ1) is 13.7. The predicted molar refractivity (Wildman–Crippen MR) is 72.7 cm³/mol. The molecular weight excluding hydrogens is 256 g/mol. The number of nitrogens with one attached hydrogen (secondary N) is 2. The van der Waals surface area contributed by atoms with Crippen LogP contribution in [0.3, 0.4) is 0 Å². The summed E-state index contributed by atoms with van der Waals surface area (Å²) in [5.41, 5.74) is 0.862. The summed E-state index contributed by atoms with van der Waals surface area (Å²) in [6.07, 6.45) is 4.25. The number of amides is 2. The fraction of sp³-hybridized carbons (Fsp3) is 0.143. The van der Waals surface area contributed by atoms with Crippen LogP contribution in [0.5, 0.6) is 0 Å². The Labute approximate surface area is 116 Å². The van der Waals surface area contributed by atoms with Gasteiger partial charge < -0.3 is 10.6 Å². The van der Waals surface area contributed by atoms with Gasteiger partial charge in [0.2, 0.25) is 5.91 Å². The number of carbonyl (C=O) groups excluding carboxylic acids is 2. The topological polar surface area (TPSA) is 84.0 Å². The fourth-order valence-corrected chi connectivity index (χ4v) is 1.71. The van der Waals surface area contributed by atoms with Crippen LogP contribution in [0.2, 0.25) is 0 Å². The Balaban J connectivity index is 2.21. The van der Waals surface area contributed by atoms with Crippen LogP contribution < -0.4 is 10.6 Å². The van der Waals surface area contributed by atoms with E-state index in [-0.39, 0.29) is 11.6 Å². The average molecular weight is 270 g/mol. The summed E-state index contributed by atoms with van der Waals surface area (Å²) in [5, 5.41) is 5.18. The van der Waals surface area contributed by atoms with Gasteiger partial charge in [-0.1, -0.05) is 30.3 Å². The quantitative estimate of drug-likeness (QED) is 0.856. The molecule has 0 unspecified atom stereocenters. The highest BCUT2D eigenvalue weighted by Crippen LogP contribution is 2.13. The van der Waals surface area contributed by atoms with Crippen LogP contribution in [-0.4, -0.2) is 28.8 Å². The van der Waals surface area contributed by atoms with Gasteiger partial charge in [-0.15, -0.1) is 0 Å². The second-order valence-electron chi connectivity index (χ2n) is 4.02. The lowest BCUT2D eigenvalue weighted by Gasteiger charge is -2.17. The zero-order chi connectivity index (χ0) is 14.4.